The Morgan fingerprint density at radius 1 is 1.62 bits per heavy atom. The standard InChI is InChI=1S/C10H10N2O3S/c1-6-2-3-8-7(4-6)11-10(15-8)16-5-9(13)12-14/h2-4,14H,5H2,1H3,(H,12,13). The van der Waals surface area contributed by atoms with E-state index in [0.29, 0.717) is 10.8 Å². The molecule has 0 aliphatic carbocycles. The molecule has 0 spiro atoms. The second kappa shape index (κ2) is 4.54. The number of carbonyl (C=O) groups is 1. The predicted molar refractivity (Wildman–Crippen MR) is 59.4 cm³/mol. The van der Waals surface area contributed by atoms with Crippen LogP contribution in [0.3, 0.4) is 0 Å². The third-order valence-electron chi connectivity index (χ3n) is 1.97. The number of carbonyl (C=O) groups excluding carboxylic acids is 1. The van der Waals surface area contributed by atoms with Crippen LogP contribution in [-0.4, -0.2) is 21.9 Å². The highest BCUT2D eigenvalue weighted by atomic mass is 32.2. The highest BCUT2D eigenvalue weighted by Crippen LogP contribution is 2.23. The number of benzene rings is 1. The molecule has 0 aliphatic rings. The fourth-order valence-corrected chi connectivity index (χ4v) is 1.87. The summed E-state index contributed by atoms with van der Waals surface area (Å²) in [5, 5.41) is 8.75. The second-order valence-electron chi connectivity index (χ2n) is 3.27. The highest BCUT2D eigenvalue weighted by molar-refractivity contribution is 7.99. The lowest BCUT2D eigenvalue weighted by atomic mass is 10.2. The lowest BCUT2D eigenvalue weighted by Crippen LogP contribution is -2.20. The second-order valence-corrected chi connectivity index (χ2v) is 4.20. The summed E-state index contributed by atoms with van der Waals surface area (Å²) in [5.74, 6) is -0.411. The van der Waals surface area contributed by atoms with Gasteiger partial charge in [-0.05, 0) is 24.6 Å². The zero-order chi connectivity index (χ0) is 11.5. The van der Waals surface area contributed by atoms with E-state index in [-0.39, 0.29) is 5.75 Å². The minimum atomic E-state index is -0.483. The van der Waals surface area contributed by atoms with E-state index in [1.807, 2.05) is 25.1 Å². The number of hydrogen-bond acceptors (Lipinski definition) is 5. The van der Waals surface area contributed by atoms with Gasteiger partial charge in [0.15, 0.2) is 5.58 Å². The molecule has 0 fully saturated rings. The minimum absolute atomic E-state index is 0.0717. The molecule has 1 aromatic heterocycles. The molecule has 0 radical (unpaired) electrons. The lowest BCUT2D eigenvalue weighted by molar-refractivity contribution is -0.126. The molecule has 1 heterocycles. The van der Waals surface area contributed by atoms with Gasteiger partial charge >= 0.3 is 0 Å². The Hall–Kier alpha value is -1.53. The van der Waals surface area contributed by atoms with Crippen molar-refractivity contribution in [3.8, 4) is 0 Å². The first kappa shape index (κ1) is 11.0. The van der Waals surface area contributed by atoms with Crippen molar-refractivity contribution in [3.05, 3.63) is 23.8 Å². The number of rotatable bonds is 3. The number of hydroxylamine groups is 1. The van der Waals surface area contributed by atoms with E-state index in [0.717, 1.165) is 22.8 Å². The largest absolute Gasteiger partial charge is 0.431 e. The summed E-state index contributed by atoms with van der Waals surface area (Å²) >= 11 is 1.13. The summed E-state index contributed by atoms with van der Waals surface area (Å²) < 4.78 is 5.41. The molecule has 6 heteroatoms. The van der Waals surface area contributed by atoms with Gasteiger partial charge in [-0.2, -0.15) is 0 Å². The predicted octanol–water partition coefficient (Wildman–Crippen LogP) is 1.73. The maximum absolute atomic E-state index is 10.8. The first-order valence-corrected chi connectivity index (χ1v) is 5.60. The monoisotopic (exact) mass is 238 g/mol. The van der Waals surface area contributed by atoms with Crippen LogP contribution in [-0.2, 0) is 4.79 Å². The molecular weight excluding hydrogens is 228 g/mol. The highest BCUT2D eigenvalue weighted by Gasteiger charge is 2.08. The van der Waals surface area contributed by atoms with Gasteiger partial charge in [0.1, 0.15) is 5.52 Å². The van der Waals surface area contributed by atoms with E-state index in [2.05, 4.69) is 4.98 Å². The number of aryl methyl sites for hydroxylation is 1. The van der Waals surface area contributed by atoms with Gasteiger partial charge in [-0.25, -0.2) is 10.5 Å². The van der Waals surface area contributed by atoms with E-state index < -0.39 is 5.91 Å². The summed E-state index contributed by atoms with van der Waals surface area (Å²) in [5.41, 5.74) is 4.11. The first-order valence-electron chi connectivity index (χ1n) is 4.62. The molecular formula is C10H10N2O3S. The Morgan fingerprint density at radius 3 is 3.19 bits per heavy atom. The molecule has 0 aliphatic heterocycles. The summed E-state index contributed by atoms with van der Waals surface area (Å²) in [4.78, 5) is 15.0. The van der Waals surface area contributed by atoms with Crippen LogP contribution < -0.4 is 5.48 Å². The molecule has 1 aromatic carbocycles. The van der Waals surface area contributed by atoms with Crippen LogP contribution in [0.1, 0.15) is 5.56 Å². The fourth-order valence-electron chi connectivity index (χ4n) is 1.24. The van der Waals surface area contributed by atoms with E-state index in [1.54, 1.807) is 5.48 Å². The smallest absolute Gasteiger partial charge is 0.257 e. The van der Waals surface area contributed by atoms with Gasteiger partial charge in [-0.1, -0.05) is 17.8 Å². The van der Waals surface area contributed by atoms with Gasteiger partial charge in [0.2, 0.25) is 0 Å². The third kappa shape index (κ3) is 2.34. The number of hydrogen-bond donors (Lipinski definition) is 2. The van der Waals surface area contributed by atoms with Gasteiger partial charge < -0.3 is 4.42 Å². The minimum Gasteiger partial charge on any atom is -0.431 e. The fraction of sp³-hybridized carbons (Fsp3) is 0.200. The molecule has 2 N–H and O–H groups in total. The number of oxazole rings is 1. The van der Waals surface area contributed by atoms with E-state index >= 15 is 0 Å². The summed E-state index contributed by atoms with van der Waals surface area (Å²) in [7, 11) is 0. The molecule has 16 heavy (non-hydrogen) atoms. The molecule has 5 nitrogen and oxygen atoms in total. The Balaban J connectivity index is 2.16. The van der Waals surface area contributed by atoms with Crippen molar-refractivity contribution in [3.63, 3.8) is 0 Å². The summed E-state index contributed by atoms with van der Waals surface area (Å²) in [6, 6.07) is 5.69. The zero-order valence-corrected chi connectivity index (χ0v) is 9.37. The molecule has 0 bridgehead atoms. The molecule has 0 saturated heterocycles. The van der Waals surface area contributed by atoms with Crippen LogP contribution >= 0.6 is 11.8 Å². The van der Waals surface area contributed by atoms with Crippen LogP contribution in [0.2, 0.25) is 0 Å². The Bertz CT molecular complexity index is 524. The number of aromatic nitrogens is 1. The van der Waals surface area contributed by atoms with Gasteiger partial charge in [-0.3, -0.25) is 10.0 Å². The van der Waals surface area contributed by atoms with Gasteiger partial charge in [0.25, 0.3) is 11.1 Å². The number of nitrogens with one attached hydrogen (secondary N) is 1. The van der Waals surface area contributed by atoms with Gasteiger partial charge in [0.05, 0.1) is 5.75 Å². The van der Waals surface area contributed by atoms with Crippen molar-refractivity contribution >= 4 is 28.8 Å². The third-order valence-corrected chi connectivity index (χ3v) is 2.80. The zero-order valence-electron chi connectivity index (χ0n) is 8.56. The Labute approximate surface area is 95.8 Å². The number of thioether (sulfide) groups is 1. The summed E-state index contributed by atoms with van der Waals surface area (Å²) in [6.07, 6.45) is 0. The number of nitrogens with zero attached hydrogens (tertiary/aromatic N) is 1. The van der Waals surface area contributed by atoms with E-state index in [4.69, 9.17) is 9.62 Å². The molecule has 0 atom stereocenters. The summed E-state index contributed by atoms with van der Waals surface area (Å²) in [6.45, 7) is 1.97. The van der Waals surface area contributed by atoms with Crippen molar-refractivity contribution in [2.24, 2.45) is 0 Å². The van der Waals surface area contributed by atoms with Crippen LogP contribution in [0.5, 0.6) is 0 Å². The topological polar surface area (TPSA) is 75.4 Å². The van der Waals surface area contributed by atoms with Gasteiger partial charge in [-0.15, -0.1) is 0 Å². The van der Waals surface area contributed by atoms with Crippen molar-refractivity contribution < 1.29 is 14.4 Å². The number of fused-ring (bicyclic) bond motifs is 1. The van der Waals surface area contributed by atoms with Crippen molar-refractivity contribution in [1.29, 1.82) is 0 Å². The molecule has 1 amide bonds. The molecule has 2 rings (SSSR count). The first-order chi connectivity index (χ1) is 7.69. The maximum atomic E-state index is 10.8. The average Bonchev–Trinajstić information content (AvgIpc) is 2.67. The lowest BCUT2D eigenvalue weighted by Gasteiger charge is -1.93. The van der Waals surface area contributed by atoms with Crippen molar-refractivity contribution in [2.75, 3.05) is 5.75 Å². The van der Waals surface area contributed by atoms with Crippen LogP contribution in [0.25, 0.3) is 11.1 Å². The molecule has 84 valence electrons. The Morgan fingerprint density at radius 2 is 2.44 bits per heavy atom. The van der Waals surface area contributed by atoms with E-state index in [1.165, 1.54) is 0 Å². The van der Waals surface area contributed by atoms with Crippen molar-refractivity contribution in [1.82, 2.24) is 10.5 Å². The average molecular weight is 238 g/mol. The van der Waals surface area contributed by atoms with Crippen LogP contribution in [0.4, 0.5) is 0 Å². The Kier molecular flexibility index (Phi) is 3.12. The van der Waals surface area contributed by atoms with Gasteiger partial charge in [0, 0.05) is 0 Å². The maximum Gasteiger partial charge on any atom is 0.257 e. The SMILES string of the molecule is Cc1ccc2oc(SCC(=O)NO)nc2c1. The quantitative estimate of drug-likeness (QED) is 0.484. The number of amides is 1. The van der Waals surface area contributed by atoms with Crippen molar-refractivity contribution in [2.45, 2.75) is 12.1 Å². The van der Waals surface area contributed by atoms with E-state index in [9.17, 15) is 4.79 Å². The van der Waals surface area contributed by atoms with Crippen LogP contribution in [0, 0.1) is 6.92 Å². The molecule has 0 saturated carbocycles. The van der Waals surface area contributed by atoms with Crippen LogP contribution in [0.15, 0.2) is 27.8 Å². The normalized spacial score (nSPS) is 10.6. The molecule has 0 unspecified atom stereocenters. The molecule has 2 aromatic rings.